The van der Waals surface area contributed by atoms with Crippen molar-refractivity contribution in [1.29, 1.82) is 0 Å². The Bertz CT molecular complexity index is 538. The number of anilines is 2. The summed E-state index contributed by atoms with van der Waals surface area (Å²) in [6, 6.07) is 2.60. The van der Waals surface area contributed by atoms with Gasteiger partial charge >= 0.3 is 0 Å². The van der Waals surface area contributed by atoms with E-state index in [0.717, 1.165) is 16.0 Å². The van der Waals surface area contributed by atoms with Gasteiger partial charge in [-0.3, -0.25) is 0 Å². The lowest BCUT2D eigenvalue weighted by molar-refractivity contribution is 0.563. The second-order valence-electron chi connectivity index (χ2n) is 5.06. The third-order valence-electron chi connectivity index (χ3n) is 3.43. The van der Waals surface area contributed by atoms with E-state index < -0.39 is 0 Å². The van der Waals surface area contributed by atoms with E-state index in [-0.39, 0.29) is 0 Å². The van der Waals surface area contributed by atoms with Crippen molar-refractivity contribution in [2.45, 2.75) is 52.0 Å². The first-order valence-electron chi connectivity index (χ1n) is 7.48. The van der Waals surface area contributed by atoms with E-state index >= 15 is 0 Å². The minimum absolute atomic E-state index is 0.502. The molecule has 0 saturated heterocycles. The number of rotatable bonds is 8. The van der Waals surface area contributed by atoms with Gasteiger partial charge in [-0.2, -0.15) is 4.98 Å². The largest absolute Gasteiger partial charge is 0.367 e. The lowest BCUT2D eigenvalue weighted by atomic mass is 10.1. The predicted molar refractivity (Wildman–Crippen MR) is 88.8 cm³/mol. The van der Waals surface area contributed by atoms with Crippen molar-refractivity contribution in [2.24, 2.45) is 0 Å². The summed E-state index contributed by atoms with van der Waals surface area (Å²) in [5.41, 5.74) is 0. The summed E-state index contributed by atoms with van der Waals surface area (Å²) in [6.07, 6.45) is 6.08. The molecule has 110 valence electrons. The van der Waals surface area contributed by atoms with Gasteiger partial charge in [-0.25, -0.2) is 4.98 Å². The molecular weight excluding hydrogens is 268 g/mol. The normalized spacial score (nSPS) is 12.6. The molecule has 1 unspecified atom stereocenters. The average Bonchev–Trinajstić information content (AvgIpc) is 2.93. The van der Waals surface area contributed by atoms with E-state index in [0.29, 0.717) is 12.0 Å². The fourth-order valence-corrected chi connectivity index (χ4v) is 3.12. The number of aromatic nitrogens is 2. The van der Waals surface area contributed by atoms with E-state index in [1.165, 1.54) is 32.1 Å². The summed E-state index contributed by atoms with van der Waals surface area (Å²) in [7, 11) is 1.86. The quantitative estimate of drug-likeness (QED) is 0.752. The van der Waals surface area contributed by atoms with E-state index in [9.17, 15) is 0 Å². The molecule has 20 heavy (non-hydrogen) atoms. The molecule has 0 aliphatic rings. The van der Waals surface area contributed by atoms with Gasteiger partial charge in [0.15, 0.2) is 0 Å². The van der Waals surface area contributed by atoms with Gasteiger partial charge in [-0.15, -0.1) is 11.3 Å². The van der Waals surface area contributed by atoms with Crippen LogP contribution in [0.3, 0.4) is 0 Å². The van der Waals surface area contributed by atoms with Gasteiger partial charge in [0.05, 0.1) is 5.39 Å². The molecular formula is C15H24N4S. The van der Waals surface area contributed by atoms with Crippen LogP contribution in [-0.4, -0.2) is 23.1 Å². The number of hydrogen-bond acceptors (Lipinski definition) is 5. The molecule has 2 aromatic heterocycles. The number of nitrogens with zero attached hydrogens (tertiary/aromatic N) is 2. The molecule has 0 saturated carbocycles. The number of nitrogens with one attached hydrogen (secondary N) is 2. The fraction of sp³-hybridized carbons (Fsp3) is 0.600. The fourth-order valence-electron chi connectivity index (χ4n) is 2.36. The maximum Gasteiger partial charge on any atom is 0.225 e. The number of unbranched alkanes of at least 4 members (excludes halogenated alkanes) is 1. The highest BCUT2D eigenvalue weighted by Gasteiger charge is 2.13. The lowest BCUT2D eigenvalue weighted by Crippen LogP contribution is -2.20. The molecule has 0 fully saturated rings. The van der Waals surface area contributed by atoms with Gasteiger partial charge in [-0.05, 0) is 24.3 Å². The Morgan fingerprint density at radius 2 is 2.05 bits per heavy atom. The third kappa shape index (κ3) is 3.60. The van der Waals surface area contributed by atoms with Gasteiger partial charge in [0.25, 0.3) is 0 Å². The zero-order valence-corrected chi connectivity index (χ0v) is 13.4. The average molecular weight is 292 g/mol. The van der Waals surface area contributed by atoms with Gasteiger partial charge < -0.3 is 10.6 Å². The van der Waals surface area contributed by atoms with Crippen LogP contribution in [-0.2, 0) is 0 Å². The number of thiophene rings is 1. The van der Waals surface area contributed by atoms with E-state index in [4.69, 9.17) is 0 Å². The van der Waals surface area contributed by atoms with E-state index in [1.54, 1.807) is 11.3 Å². The Kier molecular flexibility index (Phi) is 5.59. The zero-order valence-electron chi connectivity index (χ0n) is 12.6. The van der Waals surface area contributed by atoms with E-state index in [1.807, 2.05) is 7.05 Å². The minimum Gasteiger partial charge on any atom is -0.367 e. The number of hydrogen-bond donors (Lipinski definition) is 2. The van der Waals surface area contributed by atoms with Crippen LogP contribution in [0, 0.1) is 0 Å². The SMILES string of the molecule is CCCCC(CCC)Nc1nc(NC)nc2sccc12. The summed E-state index contributed by atoms with van der Waals surface area (Å²) < 4.78 is 0. The maximum absolute atomic E-state index is 4.60. The molecule has 2 heterocycles. The summed E-state index contributed by atoms with van der Waals surface area (Å²) in [6.45, 7) is 4.48. The van der Waals surface area contributed by atoms with Crippen LogP contribution in [0.5, 0.6) is 0 Å². The van der Waals surface area contributed by atoms with Crippen LogP contribution in [0.2, 0.25) is 0 Å². The Morgan fingerprint density at radius 1 is 1.20 bits per heavy atom. The monoisotopic (exact) mass is 292 g/mol. The summed E-state index contributed by atoms with van der Waals surface area (Å²) in [5, 5.41) is 9.88. The molecule has 0 spiro atoms. The van der Waals surface area contributed by atoms with Crippen LogP contribution in [0.25, 0.3) is 10.2 Å². The molecule has 0 amide bonds. The predicted octanol–water partition coefficient (Wildman–Crippen LogP) is 4.50. The van der Waals surface area contributed by atoms with Crippen molar-refractivity contribution in [3.63, 3.8) is 0 Å². The third-order valence-corrected chi connectivity index (χ3v) is 4.24. The molecule has 5 heteroatoms. The number of fused-ring (bicyclic) bond motifs is 1. The molecule has 0 aromatic carbocycles. The van der Waals surface area contributed by atoms with Gasteiger partial charge in [0.2, 0.25) is 5.95 Å². The van der Waals surface area contributed by atoms with Crippen LogP contribution in [0.15, 0.2) is 11.4 Å². The van der Waals surface area contributed by atoms with E-state index in [2.05, 4.69) is 45.9 Å². The molecule has 1 atom stereocenters. The second kappa shape index (κ2) is 7.43. The van der Waals surface area contributed by atoms with Crippen LogP contribution >= 0.6 is 11.3 Å². The standard InChI is InChI=1S/C15H24N4S/c1-4-6-8-11(7-5-2)17-13-12-9-10-20-14(12)19-15(16-3)18-13/h9-11H,4-8H2,1-3H3,(H2,16,17,18,19). The second-order valence-corrected chi connectivity index (χ2v) is 5.95. The zero-order chi connectivity index (χ0) is 14.4. The van der Waals surface area contributed by atoms with Crippen LogP contribution < -0.4 is 10.6 Å². The van der Waals surface area contributed by atoms with Gasteiger partial charge in [0, 0.05) is 13.1 Å². The Balaban J connectivity index is 2.23. The van der Waals surface area contributed by atoms with Crippen molar-refractivity contribution in [3.05, 3.63) is 11.4 Å². The molecule has 2 aromatic rings. The highest BCUT2D eigenvalue weighted by molar-refractivity contribution is 7.16. The maximum atomic E-state index is 4.60. The molecule has 0 aliphatic heterocycles. The van der Waals surface area contributed by atoms with Crippen molar-refractivity contribution < 1.29 is 0 Å². The van der Waals surface area contributed by atoms with Crippen LogP contribution in [0.1, 0.15) is 46.0 Å². The van der Waals surface area contributed by atoms with Crippen LogP contribution in [0.4, 0.5) is 11.8 Å². The Morgan fingerprint density at radius 3 is 2.75 bits per heavy atom. The lowest BCUT2D eigenvalue weighted by Gasteiger charge is -2.19. The molecule has 0 radical (unpaired) electrons. The summed E-state index contributed by atoms with van der Waals surface area (Å²) in [5.74, 6) is 1.66. The highest BCUT2D eigenvalue weighted by Crippen LogP contribution is 2.27. The Labute approximate surface area is 125 Å². The molecule has 0 bridgehead atoms. The van der Waals surface area contributed by atoms with Crippen molar-refractivity contribution in [2.75, 3.05) is 17.7 Å². The first-order valence-corrected chi connectivity index (χ1v) is 8.36. The first kappa shape index (κ1) is 15.0. The topological polar surface area (TPSA) is 49.8 Å². The summed E-state index contributed by atoms with van der Waals surface area (Å²) in [4.78, 5) is 10.1. The highest BCUT2D eigenvalue weighted by atomic mass is 32.1. The molecule has 2 N–H and O–H groups in total. The Hall–Kier alpha value is -1.36. The van der Waals surface area contributed by atoms with Gasteiger partial charge in [-0.1, -0.05) is 33.1 Å². The van der Waals surface area contributed by atoms with Crippen molar-refractivity contribution in [1.82, 2.24) is 9.97 Å². The molecule has 0 aliphatic carbocycles. The van der Waals surface area contributed by atoms with Crippen molar-refractivity contribution >= 4 is 33.3 Å². The minimum atomic E-state index is 0.502. The van der Waals surface area contributed by atoms with Crippen molar-refractivity contribution in [3.8, 4) is 0 Å². The molecule has 2 rings (SSSR count). The smallest absolute Gasteiger partial charge is 0.225 e. The molecule has 4 nitrogen and oxygen atoms in total. The first-order chi connectivity index (χ1) is 9.78. The summed E-state index contributed by atoms with van der Waals surface area (Å²) >= 11 is 1.66. The van der Waals surface area contributed by atoms with Gasteiger partial charge in [0.1, 0.15) is 10.6 Å².